The van der Waals surface area contributed by atoms with E-state index in [1.165, 1.54) is 12.0 Å². The maximum atomic E-state index is 11.8. The summed E-state index contributed by atoms with van der Waals surface area (Å²) in [4.78, 5) is 11.8. The van der Waals surface area contributed by atoms with E-state index in [2.05, 4.69) is 5.32 Å². The van der Waals surface area contributed by atoms with Crippen molar-refractivity contribution in [2.24, 2.45) is 11.8 Å². The molecule has 1 fully saturated rings. The number of carbonyl (C=O) groups is 1. The smallest absolute Gasteiger partial charge is 0.220 e. The first-order valence-electron chi connectivity index (χ1n) is 7.21. The Morgan fingerprint density at radius 1 is 1.21 bits per heavy atom. The summed E-state index contributed by atoms with van der Waals surface area (Å²) >= 11 is 0. The monoisotopic (exact) mass is 261 g/mol. The average Bonchev–Trinajstić information content (AvgIpc) is 2.91. The predicted molar refractivity (Wildman–Crippen MR) is 75.7 cm³/mol. The Morgan fingerprint density at radius 3 is 2.68 bits per heavy atom. The Morgan fingerprint density at radius 2 is 1.95 bits per heavy atom. The van der Waals surface area contributed by atoms with Gasteiger partial charge in [0.1, 0.15) is 0 Å². The number of aliphatic hydroxyl groups is 1. The van der Waals surface area contributed by atoms with E-state index in [9.17, 15) is 9.90 Å². The molecule has 104 valence electrons. The molecule has 3 nitrogen and oxygen atoms in total. The number of aliphatic hydroxyl groups excluding tert-OH is 1. The molecule has 19 heavy (non-hydrogen) atoms. The van der Waals surface area contributed by atoms with Crippen LogP contribution in [0.15, 0.2) is 30.3 Å². The molecular formula is C16H23NO2. The summed E-state index contributed by atoms with van der Waals surface area (Å²) in [5, 5.41) is 12.3. The van der Waals surface area contributed by atoms with Crippen molar-refractivity contribution < 1.29 is 9.90 Å². The Labute approximate surface area is 115 Å². The second kappa shape index (κ2) is 7.29. The number of amides is 1. The van der Waals surface area contributed by atoms with E-state index >= 15 is 0 Å². The van der Waals surface area contributed by atoms with Crippen molar-refractivity contribution >= 4 is 5.91 Å². The summed E-state index contributed by atoms with van der Waals surface area (Å²) in [5.41, 5.74) is 1.20. The van der Waals surface area contributed by atoms with Gasteiger partial charge in [-0.3, -0.25) is 4.79 Å². The first-order chi connectivity index (χ1) is 9.29. The molecule has 0 heterocycles. The van der Waals surface area contributed by atoms with Gasteiger partial charge in [0, 0.05) is 19.6 Å². The van der Waals surface area contributed by atoms with Crippen LogP contribution in [0.3, 0.4) is 0 Å². The maximum absolute atomic E-state index is 11.8. The number of hydrogen-bond acceptors (Lipinski definition) is 2. The second-order valence-corrected chi connectivity index (χ2v) is 5.42. The Bertz CT molecular complexity index is 391. The van der Waals surface area contributed by atoms with Gasteiger partial charge in [0.05, 0.1) is 0 Å². The molecule has 2 rings (SSSR count). The van der Waals surface area contributed by atoms with Gasteiger partial charge >= 0.3 is 0 Å². The van der Waals surface area contributed by atoms with Crippen molar-refractivity contribution in [1.29, 1.82) is 0 Å². The number of benzene rings is 1. The number of aryl methyl sites for hydroxylation is 1. The molecule has 1 saturated carbocycles. The molecule has 0 aromatic heterocycles. The fourth-order valence-electron chi connectivity index (χ4n) is 2.86. The summed E-state index contributed by atoms with van der Waals surface area (Å²) in [5.74, 6) is 0.965. The van der Waals surface area contributed by atoms with Gasteiger partial charge in [0.25, 0.3) is 0 Å². The highest BCUT2D eigenvalue weighted by Gasteiger charge is 2.26. The standard InChI is InChI=1S/C16H23NO2/c18-12-15-8-4-7-14(15)11-17-16(19)10-9-13-5-2-1-3-6-13/h1-3,5-6,14-15,18H,4,7-12H2,(H,17,19). The van der Waals surface area contributed by atoms with Gasteiger partial charge < -0.3 is 10.4 Å². The van der Waals surface area contributed by atoms with Gasteiger partial charge in [0.15, 0.2) is 0 Å². The molecule has 0 spiro atoms. The highest BCUT2D eigenvalue weighted by atomic mass is 16.3. The van der Waals surface area contributed by atoms with Crippen LogP contribution in [0, 0.1) is 11.8 Å². The second-order valence-electron chi connectivity index (χ2n) is 5.42. The third-order valence-corrected chi connectivity index (χ3v) is 4.10. The van der Waals surface area contributed by atoms with Gasteiger partial charge in [-0.15, -0.1) is 0 Å². The summed E-state index contributed by atoms with van der Waals surface area (Å²) in [6, 6.07) is 10.1. The first-order valence-corrected chi connectivity index (χ1v) is 7.21. The van der Waals surface area contributed by atoms with E-state index in [-0.39, 0.29) is 12.5 Å². The third-order valence-electron chi connectivity index (χ3n) is 4.10. The molecule has 0 radical (unpaired) electrons. The molecule has 1 amide bonds. The van der Waals surface area contributed by atoms with Crippen LogP contribution < -0.4 is 5.32 Å². The topological polar surface area (TPSA) is 49.3 Å². The molecule has 0 aliphatic heterocycles. The molecule has 2 atom stereocenters. The third kappa shape index (κ3) is 4.35. The van der Waals surface area contributed by atoms with Crippen molar-refractivity contribution in [2.75, 3.05) is 13.2 Å². The first kappa shape index (κ1) is 14.1. The van der Waals surface area contributed by atoms with Crippen molar-refractivity contribution in [3.63, 3.8) is 0 Å². The number of nitrogens with one attached hydrogen (secondary N) is 1. The van der Waals surface area contributed by atoms with E-state index < -0.39 is 0 Å². The van der Waals surface area contributed by atoms with Crippen molar-refractivity contribution in [2.45, 2.75) is 32.1 Å². The minimum atomic E-state index is 0.118. The molecule has 0 saturated heterocycles. The Hall–Kier alpha value is -1.35. The van der Waals surface area contributed by atoms with Gasteiger partial charge in [-0.25, -0.2) is 0 Å². The van der Waals surface area contributed by atoms with Gasteiger partial charge in [0.2, 0.25) is 5.91 Å². The van der Waals surface area contributed by atoms with Crippen LogP contribution in [-0.2, 0) is 11.2 Å². The minimum Gasteiger partial charge on any atom is -0.396 e. The molecule has 0 bridgehead atoms. The molecule has 3 heteroatoms. The summed E-state index contributed by atoms with van der Waals surface area (Å²) in [6.07, 6.45) is 4.74. The molecule has 1 aromatic carbocycles. The lowest BCUT2D eigenvalue weighted by molar-refractivity contribution is -0.121. The normalized spacial score (nSPS) is 22.4. The van der Waals surface area contributed by atoms with Crippen LogP contribution in [0.4, 0.5) is 0 Å². The van der Waals surface area contributed by atoms with Crippen LogP contribution in [0.25, 0.3) is 0 Å². The maximum Gasteiger partial charge on any atom is 0.220 e. The fraction of sp³-hybridized carbons (Fsp3) is 0.562. The molecule has 1 aliphatic carbocycles. The van der Waals surface area contributed by atoms with E-state index in [0.29, 0.717) is 18.3 Å². The number of hydrogen-bond donors (Lipinski definition) is 2. The predicted octanol–water partition coefficient (Wildman–Crippen LogP) is 2.14. The molecule has 1 aromatic rings. The lowest BCUT2D eigenvalue weighted by Gasteiger charge is -2.17. The van der Waals surface area contributed by atoms with Crippen LogP contribution in [0.5, 0.6) is 0 Å². The van der Waals surface area contributed by atoms with Gasteiger partial charge in [-0.1, -0.05) is 36.8 Å². The van der Waals surface area contributed by atoms with Crippen molar-refractivity contribution in [3.05, 3.63) is 35.9 Å². The molecule has 1 aliphatic rings. The van der Waals surface area contributed by atoms with E-state index in [1.54, 1.807) is 0 Å². The molecule has 2 N–H and O–H groups in total. The lowest BCUT2D eigenvalue weighted by Crippen LogP contribution is -2.31. The van der Waals surface area contributed by atoms with Crippen molar-refractivity contribution in [3.8, 4) is 0 Å². The van der Waals surface area contributed by atoms with Crippen LogP contribution in [0.2, 0.25) is 0 Å². The average molecular weight is 261 g/mol. The van der Waals surface area contributed by atoms with E-state index in [1.807, 2.05) is 30.3 Å². The number of rotatable bonds is 6. The van der Waals surface area contributed by atoms with Gasteiger partial charge in [-0.05, 0) is 36.7 Å². The molecular weight excluding hydrogens is 238 g/mol. The lowest BCUT2D eigenvalue weighted by atomic mass is 9.97. The van der Waals surface area contributed by atoms with Gasteiger partial charge in [-0.2, -0.15) is 0 Å². The zero-order chi connectivity index (χ0) is 13.5. The Balaban J connectivity index is 1.67. The molecule has 2 unspecified atom stereocenters. The van der Waals surface area contributed by atoms with Crippen LogP contribution >= 0.6 is 0 Å². The summed E-state index contributed by atoms with van der Waals surface area (Å²) in [6.45, 7) is 0.976. The fourth-order valence-corrected chi connectivity index (χ4v) is 2.86. The SMILES string of the molecule is O=C(CCc1ccccc1)NCC1CCCC1CO. The number of carbonyl (C=O) groups excluding carboxylic acids is 1. The highest BCUT2D eigenvalue weighted by Crippen LogP contribution is 2.30. The zero-order valence-corrected chi connectivity index (χ0v) is 11.3. The van der Waals surface area contributed by atoms with Crippen LogP contribution in [0.1, 0.15) is 31.2 Å². The van der Waals surface area contributed by atoms with Crippen LogP contribution in [-0.4, -0.2) is 24.2 Å². The minimum absolute atomic E-state index is 0.118. The zero-order valence-electron chi connectivity index (χ0n) is 11.3. The largest absolute Gasteiger partial charge is 0.396 e. The van der Waals surface area contributed by atoms with E-state index in [0.717, 1.165) is 25.8 Å². The van der Waals surface area contributed by atoms with E-state index in [4.69, 9.17) is 0 Å². The summed E-state index contributed by atoms with van der Waals surface area (Å²) in [7, 11) is 0. The summed E-state index contributed by atoms with van der Waals surface area (Å²) < 4.78 is 0. The van der Waals surface area contributed by atoms with Crippen molar-refractivity contribution in [1.82, 2.24) is 5.32 Å². The highest BCUT2D eigenvalue weighted by molar-refractivity contribution is 5.76. The quantitative estimate of drug-likeness (QED) is 0.824. The Kier molecular flexibility index (Phi) is 5.40.